The zero-order valence-corrected chi connectivity index (χ0v) is 16.1. The van der Waals surface area contributed by atoms with Crippen molar-refractivity contribution in [3.05, 3.63) is 78.4 Å². The van der Waals surface area contributed by atoms with Crippen LogP contribution in [0.1, 0.15) is 5.56 Å². The lowest BCUT2D eigenvalue weighted by atomic mass is 10.1. The molecule has 1 aliphatic rings. The molecule has 0 fully saturated rings. The van der Waals surface area contributed by atoms with Crippen LogP contribution in [0.5, 0.6) is 0 Å². The minimum atomic E-state index is -1.03. The first kappa shape index (κ1) is 21.9. The Bertz CT molecular complexity index is 1170. The third-order valence-electron chi connectivity index (χ3n) is 4.18. The van der Waals surface area contributed by atoms with Gasteiger partial charge in [0.15, 0.2) is 11.8 Å². The van der Waals surface area contributed by atoms with Gasteiger partial charge in [-0.3, -0.25) is 35.2 Å². The van der Waals surface area contributed by atoms with E-state index < -0.39 is 32.2 Å². The normalized spacial score (nSPS) is 14.7. The van der Waals surface area contributed by atoms with Gasteiger partial charge in [-0.05, 0) is 11.6 Å². The molecule has 15 heteroatoms. The van der Waals surface area contributed by atoms with E-state index in [-0.39, 0.29) is 23.8 Å². The average Bonchev–Trinajstić information content (AvgIpc) is 3.19. The second kappa shape index (κ2) is 9.33. The highest BCUT2D eigenvalue weighted by Crippen LogP contribution is 2.30. The Kier molecular flexibility index (Phi) is 6.38. The second-order valence-corrected chi connectivity index (χ2v) is 6.32. The van der Waals surface area contributed by atoms with Crippen molar-refractivity contribution in [2.75, 3.05) is 13.1 Å². The molecule has 0 N–H and O–H groups in total. The number of benzene rings is 2. The van der Waals surface area contributed by atoms with Crippen LogP contribution in [0.4, 0.5) is 22.7 Å². The monoisotopic (exact) mass is 443 g/mol. The maximum atomic E-state index is 12.0. The van der Waals surface area contributed by atoms with Gasteiger partial charge in [-0.2, -0.15) is 0 Å². The molecule has 2 aromatic rings. The van der Waals surface area contributed by atoms with E-state index in [4.69, 9.17) is 4.84 Å². The minimum absolute atomic E-state index is 0.0158. The second-order valence-electron chi connectivity index (χ2n) is 6.32. The summed E-state index contributed by atoms with van der Waals surface area (Å²) in [5, 5.41) is 48.2. The molecule has 0 saturated heterocycles. The number of aliphatic imine (C=N–C) groups is 2. The smallest absolute Gasteiger partial charge is 0.348 e. The lowest BCUT2D eigenvalue weighted by Gasteiger charge is -2.04. The summed E-state index contributed by atoms with van der Waals surface area (Å²) in [6.07, 6.45) is 0.503. The predicted molar refractivity (Wildman–Crippen MR) is 105 cm³/mol. The molecule has 0 spiro atoms. The lowest BCUT2D eigenvalue weighted by molar-refractivity contribution is -0.585. The molecule has 1 heterocycles. The third kappa shape index (κ3) is 5.41. The van der Waals surface area contributed by atoms with Gasteiger partial charge in [0.25, 0.3) is 11.6 Å². The fraction of sp³-hybridized carbons (Fsp3) is 0.176. The summed E-state index contributed by atoms with van der Waals surface area (Å²) >= 11 is 0. The molecule has 32 heavy (non-hydrogen) atoms. The summed E-state index contributed by atoms with van der Waals surface area (Å²) in [5.74, 6) is -0.0566. The van der Waals surface area contributed by atoms with Gasteiger partial charge < -0.3 is 5.11 Å². The number of hydrogen-bond donors (Lipinski definition) is 0. The van der Waals surface area contributed by atoms with Crippen molar-refractivity contribution in [2.24, 2.45) is 15.3 Å². The van der Waals surface area contributed by atoms with Gasteiger partial charge in [0.1, 0.15) is 0 Å². The fourth-order valence-corrected chi connectivity index (χ4v) is 2.66. The molecule has 3 rings (SSSR count). The zero-order valence-electron chi connectivity index (χ0n) is 16.1. The number of non-ortho nitro benzene ring substituents is 1. The Morgan fingerprint density at radius 2 is 1.69 bits per heavy atom. The number of amidine groups is 1. The summed E-state index contributed by atoms with van der Waals surface area (Å²) in [7, 11) is 0. The Morgan fingerprint density at radius 3 is 2.31 bits per heavy atom. The van der Waals surface area contributed by atoms with Crippen LogP contribution in [0.25, 0.3) is 0 Å². The van der Waals surface area contributed by atoms with E-state index in [1.54, 1.807) is 12.1 Å². The van der Waals surface area contributed by atoms with Crippen molar-refractivity contribution < 1.29 is 29.4 Å². The molecule has 0 amide bonds. The number of hydrogen-bond acceptors (Lipinski definition) is 10. The Balaban J connectivity index is 1.62. The van der Waals surface area contributed by atoms with Crippen LogP contribution in [0.3, 0.4) is 0 Å². The molecular weight excluding hydrogens is 430 g/mol. The fourth-order valence-electron chi connectivity index (χ4n) is 2.66. The average molecular weight is 443 g/mol. The van der Waals surface area contributed by atoms with E-state index in [1.807, 2.05) is 0 Å². The molecule has 2 aromatic carbocycles. The molecule has 0 aliphatic carbocycles. The molecule has 0 aromatic heterocycles. The molecule has 0 radical (unpaired) electrons. The van der Waals surface area contributed by atoms with Crippen LogP contribution in [0.15, 0.2) is 57.7 Å². The van der Waals surface area contributed by atoms with Gasteiger partial charge in [-0.25, -0.2) is 9.98 Å². The molecule has 0 unspecified atom stereocenters. The zero-order chi connectivity index (χ0) is 23.3. The largest absolute Gasteiger partial charge is 0.844 e. The highest BCUT2D eigenvalue weighted by Gasteiger charge is 2.25. The summed E-state index contributed by atoms with van der Waals surface area (Å²) in [4.78, 5) is 42.2. The van der Waals surface area contributed by atoms with Crippen LogP contribution in [0.2, 0.25) is 0 Å². The Morgan fingerprint density at radius 1 is 1.00 bits per heavy atom. The summed E-state index contributed by atoms with van der Waals surface area (Å²) < 4.78 is 1.48. The molecule has 164 valence electrons. The molecule has 0 saturated carbocycles. The van der Waals surface area contributed by atoms with Gasteiger partial charge >= 0.3 is 11.4 Å². The lowest BCUT2D eigenvalue weighted by Crippen LogP contribution is -2.20. The van der Waals surface area contributed by atoms with E-state index in [2.05, 4.69) is 15.3 Å². The van der Waals surface area contributed by atoms with Crippen molar-refractivity contribution in [2.45, 2.75) is 6.42 Å². The van der Waals surface area contributed by atoms with Gasteiger partial charge in [-0.1, -0.05) is 16.8 Å². The number of nitrogens with zero attached hydrogens (tertiary/aromatic N) is 7. The Labute approximate surface area is 178 Å². The van der Waals surface area contributed by atoms with E-state index in [0.717, 1.165) is 23.8 Å². The van der Waals surface area contributed by atoms with Crippen molar-refractivity contribution in [3.63, 3.8) is 0 Å². The summed E-state index contributed by atoms with van der Waals surface area (Å²) in [6, 6.07) is 7.75. The molecule has 0 bridgehead atoms. The van der Waals surface area contributed by atoms with Gasteiger partial charge in [-0.15, -0.1) is 0 Å². The summed E-state index contributed by atoms with van der Waals surface area (Å²) in [6.45, 7) is 0.450. The van der Waals surface area contributed by atoms with Crippen molar-refractivity contribution in [1.29, 1.82) is 0 Å². The number of nitro groups is 3. The van der Waals surface area contributed by atoms with Crippen LogP contribution < -0.4 is 5.11 Å². The summed E-state index contributed by atoms with van der Waals surface area (Å²) in [5.41, 5.74) is -0.892. The highest BCUT2D eigenvalue weighted by atomic mass is 16.7. The van der Waals surface area contributed by atoms with Gasteiger partial charge in [0, 0.05) is 30.7 Å². The first-order valence-corrected chi connectivity index (χ1v) is 8.85. The van der Waals surface area contributed by atoms with Crippen LogP contribution in [-0.2, 0) is 11.3 Å². The van der Waals surface area contributed by atoms with Crippen molar-refractivity contribution in [1.82, 2.24) is 0 Å². The third-order valence-corrected chi connectivity index (χ3v) is 4.18. The minimum Gasteiger partial charge on any atom is -0.844 e. The van der Waals surface area contributed by atoms with Gasteiger partial charge in [0.05, 0.1) is 26.5 Å². The van der Waals surface area contributed by atoms with E-state index in [0.29, 0.717) is 13.0 Å². The molecule has 15 nitrogen and oxygen atoms in total. The predicted octanol–water partition coefficient (Wildman–Crippen LogP) is 1.81. The van der Waals surface area contributed by atoms with Crippen LogP contribution >= 0.6 is 0 Å². The molecule has 1 aliphatic heterocycles. The van der Waals surface area contributed by atoms with Crippen LogP contribution in [0, 0.1) is 30.3 Å². The van der Waals surface area contributed by atoms with Crippen molar-refractivity contribution >= 4 is 34.7 Å². The number of rotatable bonds is 7. The first-order valence-electron chi connectivity index (χ1n) is 8.85. The first-order chi connectivity index (χ1) is 15.2. The quantitative estimate of drug-likeness (QED) is 0.202. The SMILES string of the molecule is O=[N+]([O-])c1ccc(CC[N+]2=NO/C(=N/C([O-])=Nc3ccc([N+](=O)[O-])c([N+](=O)[O-])c3)C2)cc1. The Hall–Kier alpha value is -4.82. The number of nitro benzene ring substituents is 3. The van der Waals surface area contributed by atoms with E-state index in [1.165, 1.54) is 16.8 Å². The standard InChI is InChI=1S/C17H13N7O8/c25-17(18-12-3-6-14(23(28)29)15(9-12)24(30)31)19-16-10-21(20-32-16)8-7-11-1-4-13(5-2-11)22(26)27/h1-6,9H,7-8,10H2/b19-16+. The van der Waals surface area contributed by atoms with E-state index >= 15 is 0 Å². The maximum Gasteiger partial charge on any atom is 0.348 e. The topological polar surface area (TPSA) is 202 Å². The molecular formula is C17H13N7O8. The van der Waals surface area contributed by atoms with Crippen molar-refractivity contribution in [3.8, 4) is 0 Å². The van der Waals surface area contributed by atoms with Crippen LogP contribution in [-0.4, -0.2) is 44.5 Å². The van der Waals surface area contributed by atoms with Gasteiger partial charge in [0.2, 0.25) is 6.54 Å². The maximum absolute atomic E-state index is 12.0. The molecule has 0 atom stereocenters. The highest BCUT2D eigenvalue weighted by molar-refractivity contribution is 5.90. The van der Waals surface area contributed by atoms with E-state index in [9.17, 15) is 35.4 Å².